The van der Waals surface area contributed by atoms with E-state index in [1.807, 2.05) is 26.0 Å². The number of aromatic carboxylic acids is 1. The summed E-state index contributed by atoms with van der Waals surface area (Å²) in [5.74, 6) is -1.18. The molecular weight excluding hydrogens is 422 g/mol. The number of hydrogen-bond acceptors (Lipinski definition) is 6. The highest BCUT2D eigenvalue weighted by Gasteiger charge is 2.24. The summed E-state index contributed by atoms with van der Waals surface area (Å²) in [4.78, 5) is 12.9. The van der Waals surface area contributed by atoms with E-state index in [1.165, 1.54) is 23.9 Å². The fourth-order valence-corrected chi connectivity index (χ4v) is 5.24. The predicted octanol–water partition coefficient (Wildman–Crippen LogP) is 4.41. The van der Waals surface area contributed by atoms with Crippen molar-refractivity contribution in [1.29, 1.82) is 0 Å². The highest BCUT2D eigenvalue weighted by molar-refractivity contribution is 8.00. The molecule has 2 aromatic carbocycles. The van der Waals surface area contributed by atoms with Crippen LogP contribution in [0.2, 0.25) is 0 Å². The summed E-state index contributed by atoms with van der Waals surface area (Å²) in [5.41, 5.74) is 6.78. The maximum Gasteiger partial charge on any atom is 0.335 e. The lowest BCUT2D eigenvalue weighted by molar-refractivity contribution is 0.0696. The van der Waals surface area contributed by atoms with Gasteiger partial charge >= 0.3 is 5.97 Å². The minimum Gasteiger partial charge on any atom is -0.478 e. The molecule has 0 heterocycles. The molecule has 0 aliphatic carbocycles. The van der Waals surface area contributed by atoms with E-state index in [0.29, 0.717) is 35.8 Å². The minimum absolute atomic E-state index is 0.0423. The Balaban J connectivity index is 2.58. The SMILES string of the molecule is CCCCNc1cc(C(=O)O)cc(S(=O)(=O)NCCCC)c1Sc1ccc(N)cc1. The molecule has 7 nitrogen and oxygen atoms in total. The largest absolute Gasteiger partial charge is 0.478 e. The molecule has 0 saturated carbocycles. The first-order valence-corrected chi connectivity index (χ1v) is 12.3. The molecule has 0 aliphatic heterocycles. The van der Waals surface area contributed by atoms with E-state index in [2.05, 4.69) is 10.0 Å². The topological polar surface area (TPSA) is 122 Å². The number of unbranched alkanes of at least 4 members (excludes halogenated alkanes) is 2. The van der Waals surface area contributed by atoms with Gasteiger partial charge in [-0.15, -0.1) is 0 Å². The monoisotopic (exact) mass is 451 g/mol. The molecule has 0 aliphatic rings. The zero-order valence-electron chi connectivity index (χ0n) is 17.3. The van der Waals surface area contributed by atoms with Crippen LogP contribution in [0.3, 0.4) is 0 Å². The maximum absolute atomic E-state index is 13.1. The molecule has 2 aromatic rings. The molecule has 2 rings (SSSR count). The number of nitrogen functional groups attached to an aromatic ring is 1. The van der Waals surface area contributed by atoms with E-state index in [4.69, 9.17) is 5.73 Å². The number of carboxylic acid groups (broad SMARTS) is 1. The normalized spacial score (nSPS) is 11.4. The second-order valence-corrected chi connectivity index (χ2v) is 9.68. The standard InChI is InChI=1S/C21H29N3O4S2/c1-3-5-11-23-18-13-15(21(25)26)14-19(30(27,28)24-12-6-4-2)20(18)29-17-9-7-16(22)8-10-17/h7-10,13-14,23-24H,3-6,11-12,22H2,1-2H3,(H,25,26). The highest BCUT2D eigenvalue weighted by atomic mass is 32.2. The second-order valence-electron chi connectivity index (χ2n) is 6.86. The van der Waals surface area contributed by atoms with Gasteiger partial charge in [-0.1, -0.05) is 38.5 Å². The van der Waals surface area contributed by atoms with Crippen LogP contribution >= 0.6 is 11.8 Å². The molecule has 0 fully saturated rings. The van der Waals surface area contributed by atoms with Gasteiger partial charge in [-0.3, -0.25) is 0 Å². The summed E-state index contributed by atoms with van der Waals surface area (Å²) in [6.07, 6.45) is 3.37. The maximum atomic E-state index is 13.1. The number of sulfonamides is 1. The van der Waals surface area contributed by atoms with Crippen molar-refractivity contribution in [3.05, 3.63) is 42.0 Å². The van der Waals surface area contributed by atoms with Crippen molar-refractivity contribution in [1.82, 2.24) is 4.72 Å². The van der Waals surface area contributed by atoms with Crippen LogP contribution in [-0.4, -0.2) is 32.6 Å². The zero-order valence-corrected chi connectivity index (χ0v) is 18.9. The Labute approximate surface area is 182 Å². The van der Waals surface area contributed by atoms with Gasteiger partial charge in [-0.05, 0) is 49.2 Å². The average molecular weight is 452 g/mol. The molecular formula is C21H29N3O4S2. The van der Waals surface area contributed by atoms with Gasteiger partial charge in [-0.2, -0.15) is 0 Å². The van der Waals surface area contributed by atoms with Gasteiger partial charge in [0, 0.05) is 23.7 Å². The Bertz CT molecular complexity index is 961. The van der Waals surface area contributed by atoms with E-state index in [-0.39, 0.29) is 10.5 Å². The van der Waals surface area contributed by atoms with Crippen molar-refractivity contribution in [2.24, 2.45) is 0 Å². The molecule has 30 heavy (non-hydrogen) atoms. The van der Waals surface area contributed by atoms with Crippen LogP contribution in [0.1, 0.15) is 49.9 Å². The van der Waals surface area contributed by atoms with E-state index >= 15 is 0 Å². The summed E-state index contributed by atoms with van der Waals surface area (Å²) in [7, 11) is -3.90. The fourth-order valence-electron chi connectivity index (χ4n) is 2.68. The number of carbonyl (C=O) groups is 1. The number of carboxylic acids is 1. The Morgan fingerprint density at radius 3 is 2.30 bits per heavy atom. The van der Waals surface area contributed by atoms with Crippen molar-refractivity contribution in [2.45, 2.75) is 54.2 Å². The number of nitrogens with one attached hydrogen (secondary N) is 2. The third-order valence-corrected chi connectivity index (χ3v) is 7.13. The van der Waals surface area contributed by atoms with Crippen LogP contribution < -0.4 is 15.8 Å². The summed E-state index contributed by atoms with van der Waals surface area (Å²) in [5, 5.41) is 12.8. The summed E-state index contributed by atoms with van der Waals surface area (Å²) < 4.78 is 28.7. The lowest BCUT2D eigenvalue weighted by Crippen LogP contribution is -2.26. The van der Waals surface area contributed by atoms with E-state index < -0.39 is 16.0 Å². The molecule has 9 heteroatoms. The van der Waals surface area contributed by atoms with Gasteiger partial charge in [0.25, 0.3) is 0 Å². The molecule has 0 amide bonds. The Kier molecular flexibility index (Phi) is 9.01. The van der Waals surface area contributed by atoms with Gasteiger partial charge in [0.05, 0.1) is 21.0 Å². The third kappa shape index (κ3) is 6.65. The number of rotatable bonds is 12. The van der Waals surface area contributed by atoms with Gasteiger partial charge in [0.2, 0.25) is 10.0 Å². The lowest BCUT2D eigenvalue weighted by atomic mass is 10.2. The number of nitrogens with two attached hydrogens (primary N) is 1. The van der Waals surface area contributed by atoms with E-state index in [9.17, 15) is 18.3 Å². The fraction of sp³-hybridized carbons (Fsp3) is 0.381. The highest BCUT2D eigenvalue weighted by Crippen LogP contribution is 2.39. The molecule has 0 aromatic heterocycles. The first-order chi connectivity index (χ1) is 14.3. The van der Waals surface area contributed by atoms with E-state index in [1.54, 1.807) is 12.1 Å². The Hall–Kier alpha value is -2.23. The Morgan fingerprint density at radius 1 is 1.07 bits per heavy atom. The average Bonchev–Trinajstić information content (AvgIpc) is 2.70. The van der Waals surface area contributed by atoms with Crippen LogP contribution in [0.15, 0.2) is 51.1 Å². The van der Waals surface area contributed by atoms with Crippen molar-refractivity contribution in [3.63, 3.8) is 0 Å². The molecule has 0 bridgehead atoms. The predicted molar refractivity (Wildman–Crippen MR) is 122 cm³/mol. The minimum atomic E-state index is -3.90. The number of benzene rings is 2. The number of anilines is 2. The number of hydrogen-bond donors (Lipinski definition) is 4. The third-order valence-electron chi connectivity index (χ3n) is 4.36. The Morgan fingerprint density at radius 2 is 1.70 bits per heavy atom. The smallest absolute Gasteiger partial charge is 0.335 e. The molecule has 0 spiro atoms. The van der Waals surface area contributed by atoms with Crippen molar-refractivity contribution < 1.29 is 18.3 Å². The van der Waals surface area contributed by atoms with Crippen LogP contribution in [0, 0.1) is 0 Å². The summed E-state index contributed by atoms with van der Waals surface area (Å²) >= 11 is 1.26. The van der Waals surface area contributed by atoms with Gasteiger partial charge in [0.15, 0.2) is 0 Å². The quantitative estimate of drug-likeness (QED) is 0.278. The van der Waals surface area contributed by atoms with Crippen LogP contribution in [0.5, 0.6) is 0 Å². The van der Waals surface area contributed by atoms with Crippen molar-refractivity contribution >= 4 is 39.1 Å². The molecule has 5 N–H and O–H groups in total. The summed E-state index contributed by atoms with van der Waals surface area (Å²) in [6, 6.07) is 9.81. The van der Waals surface area contributed by atoms with Gasteiger partial charge in [0.1, 0.15) is 0 Å². The van der Waals surface area contributed by atoms with Crippen LogP contribution in [0.4, 0.5) is 11.4 Å². The zero-order chi connectivity index (χ0) is 22.1. The second kappa shape index (κ2) is 11.2. The van der Waals surface area contributed by atoms with E-state index in [0.717, 1.165) is 24.2 Å². The summed E-state index contributed by atoms with van der Waals surface area (Å²) in [6.45, 7) is 4.92. The first-order valence-electron chi connectivity index (χ1n) is 9.96. The van der Waals surface area contributed by atoms with Gasteiger partial charge in [-0.25, -0.2) is 17.9 Å². The molecule has 0 atom stereocenters. The van der Waals surface area contributed by atoms with Crippen molar-refractivity contribution in [2.75, 3.05) is 24.1 Å². The molecule has 0 saturated heterocycles. The molecule has 0 radical (unpaired) electrons. The molecule has 0 unspecified atom stereocenters. The first kappa shape index (κ1) is 24.0. The van der Waals surface area contributed by atoms with Gasteiger partial charge < -0.3 is 16.2 Å². The van der Waals surface area contributed by atoms with Crippen LogP contribution in [-0.2, 0) is 10.0 Å². The molecule has 164 valence electrons. The lowest BCUT2D eigenvalue weighted by Gasteiger charge is -2.18. The van der Waals surface area contributed by atoms with Crippen LogP contribution in [0.25, 0.3) is 0 Å². The van der Waals surface area contributed by atoms with Crippen molar-refractivity contribution in [3.8, 4) is 0 Å².